The fourth-order valence-electron chi connectivity index (χ4n) is 2.57. The summed E-state index contributed by atoms with van der Waals surface area (Å²) in [5, 5.41) is 0. The van der Waals surface area contributed by atoms with Crippen molar-refractivity contribution in [2.24, 2.45) is 5.73 Å². The van der Waals surface area contributed by atoms with Crippen molar-refractivity contribution in [1.82, 2.24) is 9.80 Å². The largest absolute Gasteiger partial charge is 0.338 e. The molecule has 2 amide bonds. The van der Waals surface area contributed by atoms with Crippen molar-refractivity contribution in [3.63, 3.8) is 0 Å². The van der Waals surface area contributed by atoms with Gasteiger partial charge in [-0.25, -0.2) is 0 Å². The monoisotopic (exact) mass is 255 g/mol. The van der Waals surface area contributed by atoms with Gasteiger partial charge < -0.3 is 15.5 Å². The standard InChI is InChI=1S/C13H25N3O2/c1-10(2)16(11(3)17)9-12-6-4-5-7-15(12)13(18)8-14/h10,12H,4-9,14H2,1-3H3/t12-/m1/s1. The van der Waals surface area contributed by atoms with Crippen LogP contribution in [0.15, 0.2) is 0 Å². The fourth-order valence-corrected chi connectivity index (χ4v) is 2.57. The Labute approximate surface area is 109 Å². The number of hydrogen-bond donors (Lipinski definition) is 1. The number of rotatable bonds is 4. The molecule has 18 heavy (non-hydrogen) atoms. The van der Waals surface area contributed by atoms with Crippen molar-refractivity contribution in [2.75, 3.05) is 19.6 Å². The smallest absolute Gasteiger partial charge is 0.236 e. The average molecular weight is 255 g/mol. The van der Waals surface area contributed by atoms with Crippen molar-refractivity contribution < 1.29 is 9.59 Å². The molecule has 1 rings (SSSR count). The maximum absolute atomic E-state index is 11.8. The maximum Gasteiger partial charge on any atom is 0.236 e. The zero-order valence-corrected chi connectivity index (χ0v) is 11.7. The van der Waals surface area contributed by atoms with Crippen LogP contribution < -0.4 is 5.73 Å². The summed E-state index contributed by atoms with van der Waals surface area (Å²) in [5.41, 5.74) is 5.44. The van der Waals surface area contributed by atoms with E-state index in [1.165, 1.54) is 0 Å². The van der Waals surface area contributed by atoms with E-state index in [4.69, 9.17) is 5.73 Å². The Kier molecular flexibility index (Phi) is 5.59. The lowest BCUT2D eigenvalue weighted by Crippen LogP contribution is -2.53. The lowest BCUT2D eigenvalue weighted by molar-refractivity contribution is -0.138. The van der Waals surface area contributed by atoms with E-state index in [-0.39, 0.29) is 30.4 Å². The van der Waals surface area contributed by atoms with E-state index >= 15 is 0 Å². The van der Waals surface area contributed by atoms with Gasteiger partial charge in [-0.2, -0.15) is 0 Å². The minimum atomic E-state index is -0.00745. The summed E-state index contributed by atoms with van der Waals surface area (Å²) in [6, 6.07) is 0.292. The van der Waals surface area contributed by atoms with E-state index in [1.54, 1.807) is 6.92 Å². The molecule has 2 N–H and O–H groups in total. The van der Waals surface area contributed by atoms with Crippen LogP contribution in [-0.2, 0) is 9.59 Å². The minimum Gasteiger partial charge on any atom is -0.338 e. The Bertz CT molecular complexity index is 305. The van der Waals surface area contributed by atoms with E-state index < -0.39 is 0 Å². The first-order valence-electron chi connectivity index (χ1n) is 6.74. The van der Waals surface area contributed by atoms with Crippen LogP contribution >= 0.6 is 0 Å². The fraction of sp³-hybridized carbons (Fsp3) is 0.846. The molecule has 5 nitrogen and oxygen atoms in total. The predicted molar refractivity (Wildman–Crippen MR) is 70.9 cm³/mol. The third-order valence-electron chi connectivity index (χ3n) is 3.56. The summed E-state index contributed by atoms with van der Waals surface area (Å²) < 4.78 is 0. The molecule has 1 heterocycles. The summed E-state index contributed by atoms with van der Waals surface area (Å²) in [5.74, 6) is 0.0580. The molecule has 0 aromatic heterocycles. The molecule has 1 saturated heterocycles. The molecule has 0 aliphatic carbocycles. The van der Waals surface area contributed by atoms with Crippen LogP contribution in [-0.4, -0.2) is 53.3 Å². The van der Waals surface area contributed by atoms with E-state index in [0.29, 0.717) is 6.54 Å². The minimum absolute atomic E-state index is 0.00745. The molecule has 104 valence electrons. The highest BCUT2D eigenvalue weighted by molar-refractivity contribution is 5.78. The molecule has 0 unspecified atom stereocenters. The first kappa shape index (κ1) is 15.0. The summed E-state index contributed by atoms with van der Waals surface area (Å²) in [6.45, 7) is 7.03. The highest BCUT2D eigenvalue weighted by Crippen LogP contribution is 2.19. The van der Waals surface area contributed by atoms with E-state index in [0.717, 1.165) is 25.8 Å². The summed E-state index contributed by atoms with van der Waals surface area (Å²) in [4.78, 5) is 27.1. The van der Waals surface area contributed by atoms with Gasteiger partial charge in [0.05, 0.1) is 6.54 Å². The molecule has 0 spiro atoms. The molecule has 0 saturated carbocycles. The van der Waals surface area contributed by atoms with Gasteiger partial charge in [-0.3, -0.25) is 9.59 Å². The van der Waals surface area contributed by atoms with Crippen LogP contribution in [0, 0.1) is 0 Å². The summed E-state index contributed by atoms with van der Waals surface area (Å²) in [7, 11) is 0. The Hall–Kier alpha value is -1.10. The Morgan fingerprint density at radius 3 is 2.56 bits per heavy atom. The van der Waals surface area contributed by atoms with Gasteiger partial charge in [0.15, 0.2) is 0 Å². The third kappa shape index (κ3) is 3.70. The van der Waals surface area contributed by atoms with Crippen molar-refractivity contribution in [1.29, 1.82) is 0 Å². The first-order valence-corrected chi connectivity index (χ1v) is 6.74. The van der Waals surface area contributed by atoms with Crippen molar-refractivity contribution in [3.05, 3.63) is 0 Å². The zero-order chi connectivity index (χ0) is 13.7. The van der Waals surface area contributed by atoms with Crippen LogP contribution in [0.25, 0.3) is 0 Å². The molecule has 1 atom stereocenters. The number of likely N-dealkylation sites (tertiary alicyclic amines) is 1. The molecular formula is C13H25N3O2. The van der Waals surface area contributed by atoms with Gasteiger partial charge in [0.2, 0.25) is 11.8 Å². The maximum atomic E-state index is 11.8. The Morgan fingerprint density at radius 1 is 1.39 bits per heavy atom. The van der Waals surface area contributed by atoms with Gasteiger partial charge in [-0.15, -0.1) is 0 Å². The van der Waals surface area contributed by atoms with Gasteiger partial charge in [0.1, 0.15) is 0 Å². The molecule has 1 fully saturated rings. The van der Waals surface area contributed by atoms with Gasteiger partial charge in [-0.1, -0.05) is 0 Å². The average Bonchev–Trinajstić information content (AvgIpc) is 2.34. The Balaban J connectivity index is 2.71. The van der Waals surface area contributed by atoms with Gasteiger partial charge >= 0.3 is 0 Å². The summed E-state index contributed by atoms with van der Waals surface area (Å²) in [6.07, 6.45) is 3.11. The molecule has 0 bridgehead atoms. The highest BCUT2D eigenvalue weighted by Gasteiger charge is 2.28. The second-order valence-electron chi connectivity index (χ2n) is 5.21. The van der Waals surface area contributed by atoms with Gasteiger partial charge in [0, 0.05) is 32.1 Å². The normalized spacial score (nSPS) is 20.1. The topological polar surface area (TPSA) is 66.6 Å². The SMILES string of the molecule is CC(=O)N(C[C@H]1CCCCN1C(=O)CN)C(C)C. The molecule has 0 aromatic carbocycles. The second kappa shape index (κ2) is 6.73. The van der Waals surface area contributed by atoms with E-state index in [2.05, 4.69) is 0 Å². The number of nitrogens with zero attached hydrogens (tertiary/aromatic N) is 2. The van der Waals surface area contributed by atoms with Crippen LogP contribution in [0.2, 0.25) is 0 Å². The molecule has 1 aliphatic heterocycles. The molecule has 1 aliphatic rings. The number of carbonyl (C=O) groups excluding carboxylic acids is 2. The van der Waals surface area contributed by atoms with Gasteiger partial charge in [-0.05, 0) is 33.1 Å². The Morgan fingerprint density at radius 2 is 2.06 bits per heavy atom. The highest BCUT2D eigenvalue weighted by atomic mass is 16.2. The molecule has 0 radical (unpaired) electrons. The number of nitrogens with two attached hydrogens (primary N) is 1. The second-order valence-corrected chi connectivity index (χ2v) is 5.21. The van der Waals surface area contributed by atoms with Gasteiger partial charge in [0.25, 0.3) is 0 Å². The lowest BCUT2D eigenvalue weighted by atomic mass is 10.0. The number of hydrogen-bond acceptors (Lipinski definition) is 3. The number of carbonyl (C=O) groups is 2. The number of amides is 2. The summed E-state index contributed by atoms with van der Waals surface area (Å²) >= 11 is 0. The first-order chi connectivity index (χ1) is 8.47. The van der Waals surface area contributed by atoms with E-state index in [1.807, 2.05) is 23.6 Å². The van der Waals surface area contributed by atoms with Crippen LogP contribution in [0.1, 0.15) is 40.0 Å². The van der Waals surface area contributed by atoms with Crippen molar-refractivity contribution in [3.8, 4) is 0 Å². The molecule has 5 heteroatoms. The third-order valence-corrected chi connectivity index (χ3v) is 3.56. The molecular weight excluding hydrogens is 230 g/mol. The quantitative estimate of drug-likeness (QED) is 0.799. The van der Waals surface area contributed by atoms with Crippen LogP contribution in [0.3, 0.4) is 0 Å². The van der Waals surface area contributed by atoms with Crippen LogP contribution in [0.5, 0.6) is 0 Å². The molecule has 0 aromatic rings. The van der Waals surface area contributed by atoms with Crippen molar-refractivity contribution in [2.45, 2.75) is 52.1 Å². The lowest BCUT2D eigenvalue weighted by Gasteiger charge is -2.39. The predicted octanol–water partition coefficient (Wildman–Crippen LogP) is 0.583. The van der Waals surface area contributed by atoms with E-state index in [9.17, 15) is 9.59 Å². The van der Waals surface area contributed by atoms with Crippen molar-refractivity contribution >= 4 is 11.8 Å². The van der Waals surface area contributed by atoms with Crippen LogP contribution in [0.4, 0.5) is 0 Å². The number of piperidine rings is 1. The zero-order valence-electron chi connectivity index (χ0n) is 11.7.